The van der Waals surface area contributed by atoms with Gasteiger partial charge in [0, 0.05) is 17.1 Å². The van der Waals surface area contributed by atoms with Crippen molar-refractivity contribution < 1.29 is 27.5 Å². The van der Waals surface area contributed by atoms with Gasteiger partial charge >= 0.3 is 5.97 Å². The van der Waals surface area contributed by atoms with Crippen molar-refractivity contribution in [3.05, 3.63) is 52.2 Å². The lowest BCUT2D eigenvalue weighted by atomic mass is 10.2. The van der Waals surface area contributed by atoms with E-state index in [2.05, 4.69) is 4.74 Å². The van der Waals surface area contributed by atoms with Gasteiger partial charge in [0.15, 0.2) is 0 Å². The van der Waals surface area contributed by atoms with Crippen LogP contribution in [0.3, 0.4) is 0 Å². The summed E-state index contributed by atoms with van der Waals surface area (Å²) >= 11 is 0.758. The molecule has 1 aliphatic rings. The number of aromatic nitrogens is 1. The molecule has 0 bridgehead atoms. The molecule has 1 atom stereocenters. The second-order valence-corrected chi connectivity index (χ2v) is 9.51. The minimum atomic E-state index is -3.79. The molecule has 1 aliphatic heterocycles. The molecule has 3 rings (SSSR count). The number of methoxy groups -OCH3 is 1. The summed E-state index contributed by atoms with van der Waals surface area (Å²) in [5, 5.41) is 4.61. The smallest absolute Gasteiger partial charge is 0.328 e. The van der Waals surface area contributed by atoms with Crippen molar-refractivity contribution in [3.63, 3.8) is 0 Å². The first kappa shape index (κ1) is 22.8. The fraction of sp³-hybridized carbons (Fsp3) is 0.250. The van der Waals surface area contributed by atoms with E-state index in [0.717, 1.165) is 33.7 Å². The molecule has 1 aromatic carbocycles. The molecule has 2 N–H and O–H groups in total. The monoisotopic (exact) mass is 463 g/mol. The zero-order valence-electron chi connectivity index (χ0n) is 17.3. The molecule has 2 heterocycles. The van der Waals surface area contributed by atoms with Crippen molar-refractivity contribution in [2.45, 2.75) is 31.7 Å². The molecule has 1 aromatic heterocycles. The number of nitrogens with zero attached hydrogens (tertiary/aromatic N) is 2. The summed E-state index contributed by atoms with van der Waals surface area (Å²) in [6.45, 7) is 5.14. The highest BCUT2D eigenvalue weighted by molar-refractivity contribution is 8.18. The maximum Gasteiger partial charge on any atom is 0.328 e. The predicted octanol–water partition coefficient (Wildman–Crippen LogP) is 2.34. The maximum atomic E-state index is 12.7. The average molecular weight is 464 g/mol. The van der Waals surface area contributed by atoms with Crippen LogP contribution in [0.4, 0.5) is 4.79 Å². The van der Waals surface area contributed by atoms with Crippen molar-refractivity contribution in [2.24, 2.45) is 5.14 Å². The van der Waals surface area contributed by atoms with E-state index in [1.165, 1.54) is 26.2 Å². The van der Waals surface area contributed by atoms with E-state index < -0.39 is 33.2 Å². The number of benzene rings is 1. The number of primary sulfonamides is 1. The Kier molecular flexibility index (Phi) is 6.12. The summed E-state index contributed by atoms with van der Waals surface area (Å²) in [5.41, 5.74) is 3.06. The average Bonchev–Trinajstić information content (AvgIpc) is 3.14. The van der Waals surface area contributed by atoms with Crippen LogP contribution < -0.4 is 5.14 Å². The highest BCUT2D eigenvalue weighted by atomic mass is 32.2. The fourth-order valence-corrected chi connectivity index (χ4v) is 4.76. The molecule has 11 heteroatoms. The number of thioether (sulfide) groups is 1. The Morgan fingerprint density at radius 3 is 2.35 bits per heavy atom. The number of amides is 2. The number of hydrogen-bond acceptors (Lipinski definition) is 7. The van der Waals surface area contributed by atoms with Crippen LogP contribution in [0.25, 0.3) is 11.8 Å². The summed E-state index contributed by atoms with van der Waals surface area (Å²) in [4.78, 5) is 37.9. The van der Waals surface area contributed by atoms with Crippen molar-refractivity contribution >= 4 is 45.0 Å². The van der Waals surface area contributed by atoms with Crippen LogP contribution in [-0.4, -0.2) is 48.2 Å². The molecule has 164 valence electrons. The number of sulfonamides is 1. The second kappa shape index (κ2) is 8.33. The molecule has 1 unspecified atom stereocenters. The molecular weight excluding hydrogens is 442 g/mol. The normalized spacial score (nSPS) is 16.8. The summed E-state index contributed by atoms with van der Waals surface area (Å²) in [5.74, 6) is -1.24. The standard InChI is InChI=1S/C20H21N3O6S2/c1-11-9-14(10-17-18(24)23(20(26)30-17)13(3)19(25)29-4)12(2)22(11)15-5-7-16(8-6-15)31(21,27)28/h5-10,13H,1-4H3,(H2,21,27,28)/b17-10-. The number of hydrogen-bond donors (Lipinski definition) is 1. The Labute approximate surface area is 183 Å². The first-order chi connectivity index (χ1) is 14.5. The lowest BCUT2D eigenvalue weighted by Gasteiger charge is -2.18. The Balaban J connectivity index is 1.96. The van der Waals surface area contributed by atoms with Crippen LogP contribution in [0.5, 0.6) is 0 Å². The van der Waals surface area contributed by atoms with Crippen LogP contribution in [-0.2, 0) is 24.3 Å². The van der Waals surface area contributed by atoms with Gasteiger partial charge in [-0.05, 0) is 74.5 Å². The second-order valence-electron chi connectivity index (χ2n) is 6.95. The van der Waals surface area contributed by atoms with E-state index in [1.807, 2.05) is 24.5 Å². The minimum absolute atomic E-state index is 0.00679. The Bertz CT molecular complexity index is 1210. The van der Waals surface area contributed by atoms with Crippen LogP contribution in [0.1, 0.15) is 23.9 Å². The van der Waals surface area contributed by atoms with Crippen molar-refractivity contribution in [1.82, 2.24) is 9.47 Å². The number of nitrogens with two attached hydrogens (primary N) is 1. The van der Waals surface area contributed by atoms with Crippen molar-refractivity contribution in [3.8, 4) is 5.69 Å². The molecule has 0 aliphatic carbocycles. The van der Waals surface area contributed by atoms with Gasteiger partial charge in [-0.15, -0.1) is 0 Å². The van der Waals surface area contributed by atoms with Crippen LogP contribution in [0.2, 0.25) is 0 Å². The number of carbonyl (C=O) groups excluding carboxylic acids is 3. The number of rotatable bonds is 5. The Hall–Kier alpha value is -2.89. The Morgan fingerprint density at radius 2 is 1.81 bits per heavy atom. The Morgan fingerprint density at radius 1 is 1.19 bits per heavy atom. The predicted molar refractivity (Wildman–Crippen MR) is 116 cm³/mol. The van der Waals surface area contributed by atoms with Gasteiger partial charge in [0.2, 0.25) is 10.0 Å². The lowest BCUT2D eigenvalue weighted by molar-refractivity contribution is -0.148. The van der Waals surface area contributed by atoms with Gasteiger partial charge in [0.25, 0.3) is 11.1 Å². The highest BCUT2D eigenvalue weighted by Gasteiger charge is 2.41. The fourth-order valence-electron chi connectivity index (χ4n) is 3.35. The summed E-state index contributed by atoms with van der Waals surface area (Å²) in [7, 11) is -2.60. The molecule has 0 radical (unpaired) electrons. The van der Waals surface area contributed by atoms with Gasteiger partial charge in [-0.2, -0.15) is 0 Å². The van der Waals surface area contributed by atoms with E-state index in [-0.39, 0.29) is 9.80 Å². The molecule has 31 heavy (non-hydrogen) atoms. The minimum Gasteiger partial charge on any atom is -0.467 e. The first-order valence-corrected chi connectivity index (χ1v) is 11.5. The topological polar surface area (TPSA) is 129 Å². The summed E-state index contributed by atoms with van der Waals surface area (Å²) in [6, 6.07) is 6.94. The number of esters is 1. The first-order valence-electron chi connectivity index (χ1n) is 9.12. The molecule has 0 spiro atoms. The number of carbonyl (C=O) groups is 3. The van der Waals surface area contributed by atoms with Crippen molar-refractivity contribution in [1.29, 1.82) is 0 Å². The molecule has 1 fully saturated rings. The van der Waals surface area contributed by atoms with Gasteiger partial charge in [0.1, 0.15) is 6.04 Å². The zero-order valence-corrected chi connectivity index (χ0v) is 18.9. The third kappa shape index (κ3) is 4.29. The summed E-state index contributed by atoms with van der Waals surface area (Å²) in [6.07, 6.45) is 1.60. The van der Waals surface area contributed by atoms with E-state index in [4.69, 9.17) is 5.14 Å². The lowest BCUT2D eigenvalue weighted by Crippen LogP contribution is -2.42. The van der Waals surface area contributed by atoms with E-state index in [9.17, 15) is 22.8 Å². The maximum absolute atomic E-state index is 12.7. The zero-order chi connectivity index (χ0) is 23.1. The molecular formula is C20H21N3O6S2. The van der Waals surface area contributed by atoms with E-state index >= 15 is 0 Å². The third-order valence-electron chi connectivity index (χ3n) is 4.93. The van der Waals surface area contributed by atoms with E-state index in [1.54, 1.807) is 18.2 Å². The largest absolute Gasteiger partial charge is 0.467 e. The molecule has 2 amide bonds. The van der Waals surface area contributed by atoms with Crippen LogP contribution in [0.15, 0.2) is 40.1 Å². The van der Waals surface area contributed by atoms with E-state index in [0.29, 0.717) is 5.56 Å². The quantitative estimate of drug-likeness (QED) is 0.532. The third-order valence-corrected chi connectivity index (χ3v) is 6.75. The van der Waals surface area contributed by atoms with Gasteiger partial charge in [-0.25, -0.2) is 18.4 Å². The van der Waals surface area contributed by atoms with Gasteiger partial charge in [-0.3, -0.25) is 14.5 Å². The molecule has 0 saturated carbocycles. The van der Waals surface area contributed by atoms with Crippen LogP contribution in [0, 0.1) is 13.8 Å². The van der Waals surface area contributed by atoms with Crippen molar-refractivity contribution in [2.75, 3.05) is 7.11 Å². The molecule has 2 aromatic rings. The molecule has 1 saturated heterocycles. The SMILES string of the molecule is COC(=O)C(C)N1C(=O)S/C(=C\c2cc(C)n(-c3ccc(S(N)(=O)=O)cc3)c2C)C1=O. The van der Waals surface area contributed by atoms with Gasteiger partial charge in [0.05, 0.1) is 16.9 Å². The molecule has 9 nitrogen and oxygen atoms in total. The van der Waals surface area contributed by atoms with Gasteiger partial charge < -0.3 is 9.30 Å². The number of imide groups is 1. The number of aryl methyl sites for hydroxylation is 1. The van der Waals surface area contributed by atoms with Crippen LogP contribution >= 0.6 is 11.8 Å². The highest BCUT2D eigenvalue weighted by Crippen LogP contribution is 2.35. The van der Waals surface area contributed by atoms with Gasteiger partial charge in [-0.1, -0.05) is 0 Å². The number of ether oxygens (including phenoxy) is 1. The summed E-state index contributed by atoms with van der Waals surface area (Å²) < 4.78 is 29.5.